The number of benzene rings is 1. The van der Waals surface area contributed by atoms with Gasteiger partial charge in [-0.1, -0.05) is 13.3 Å². The maximum absolute atomic E-state index is 10.7. The van der Waals surface area contributed by atoms with Crippen LogP contribution in [-0.2, 0) is 0 Å². The first kappa shape index (κ1) is 11.5. The van der Waals surface area contributed by atoms with Gasteiger partial charge in [-0.05, 0) is 47.2 Å². The minimum Gasteiger partial charge on any atom is -0.493 e. The SMILES string of the molecule is CCCCOc1ccc(I)cc1C=O. The van der Waals surface area contributed by atoms with Gasteiger partial charge in [-0.25, -0.2) is 0 Å². The van der Waals surface area contributed by atoms with Crippen LogP contribution in [0.1, 0.15) is 30.1 Å². The third kappa shape index (κ3) is 3.29. The van der Waals surface area contributed by atoms with E-state index in [-0.39, 0.29) is 0 Å². The lowest BCUT2D eigenvalue weighted by Gasteiger charge is -2.07. The van der Waals surface area contributed by atoms with Gasteiger partial charge in [0.15, 0.2) is 6.29 Å². The molecule has 0 aliphatic heterocycles. The molecule has 0 radical (unpaired) electrons. The topological polar surface area (TPSA) is 26.3 Å². The summed E-state index contributed by atoms with van der Waals surface area (Å²) in [7, 11) is 0. The van der Waals surface area contributed by atoms with E-state index in [1.807, 2.05) is 18.2 Å². The summed E-state index contributed by atoms with van der Waals surface area (Å²) in [4.78, 5) is 10.7. The molecule has 1 aromatic carbocycles. The lowest BCUT2D eigenvalue weighted by atomic mass is 10.2. The second kappa shape index (κ2) is 6.01. The Hall–Kier alpha value is -0.580. The van der Waals surface area contributed by atoms with Crippen LogP contribution in [0.4, 0.5) is 0 Å². The highest BCUT2D eigenvalue weighted by Gasteiger charge is 2.02. The molecular formula is C11H13IO2. The van der Waals surface area contributed by atoms with Gasteiger partial charge in [0.05, 0.1) is 12.2 Å². The van der Waals surface area contributed by atoms with Crippen LogP contribution < -0.4 is 4.74 Å². The number of rotatable bonds is 5. The van der Waals surface area contributed by atoms with Crippen molar-refractivity contribution in [1.82, 2.24) is 0 Å². The van der Waals surface area contributed by atoms with Crippen molar-refractivity contribution in [3.05, 3.63) is 27.3 Å². The van der Waals surface area contributed by atoms with Crippen LogP contribution in [0.2, 0.25) is 0 Å². The molecule has 0 spiro atoms. The van der Waals surface area contributed by atoms with E-state index < -0.39 is 0 Å². The molecule has 0 aromatic heterocycles. The summed E-state index contributed by atoms with van der Waals surface area (Å²) >= 11 is 2.18. The smallest absolute Gasteiger partial charge is 0.153 e. The predicted molar refractivity (Wildman–Crippen MR) is 64.9 cm³/mol. The van der Waals surface area contributed by atoms with Gasteiger partial charge in [-0.3, -0.25) is 4.79 Å². The molecule has 0 saturated carbocycles. The van der Waals surface area contributed by atoms with Crippen LogP contribution in [0.25, 0.3) is 0 Å². The number of aldehydes is 1. The van der Waals surface area contributed by atoms with Crippen molar-refractivity contribution >= 4 is 28.9 Å². The Kier molecular flexibility index (Phi) is 4.93. The Labute approximate surface area is 97.8 Å². The zero-order chi connectivity index (χ0) is 10.4. The maximum atomic E-state index is 10.7. The number of carbonyl (C=O) groups excluding carboxylic acids is 1. The van der Waals surface area contributed by atoms with E-state index in [0.717, 1.165) is 22.7 Å². The monoisotopic (exact) mass is 304 g/mol. The molecule has 0 unspecified atom stereocenters. The summed E-state index contributed by atoms with van der Waals surface area (Å²) in [5.74, 6) is 0.689. The highest BCUT2D eigenvalue weighted by molar-refractivity contribution is 14.1. The molecule has 2 nitrogen and oxygen atoms in total. The Balaban J connectivity index is 2.70. The summed E-state index contributed by atoms with van der Waals surface area (Å²) in [6, 6.07) is 5.62. The summed E-state index contributed by atoms with van der Waals surface area (Å²) in [5.41, 5.74) is 0.632. The van der Waals surface area contributed by atoms with Crippen molar-refractivity contribution in [3.8, 4) is 5.75 Å². The molecule has 0 heterocycles. The minimum atomic E-state index is 0.632. The number of unbranched alkanes of at least 4 members (excludes halogenated alkanes) is 1. The van der Waals surface area contributed by atoms with Crippen molar-refractivity contribution in [2.75, 3.05) is 6.61 Å². The van der Waals surface area contributed by atoms with E-state index in [9.17, 15) is 4.79 Å². The predicted octanol–water partition coefficient (Wildman–Crippen LogP) is 3.28. The summed E-state index contributed by atoms with van der Waals surface area (Å²) in [6.07, 6.45) is 2.95. The average Bonchev–Trinajstić information content (AvgIpc) is 2.20. The molecule has 0 saturated heterocycles. The number of hydrogen-bond acceptors (Lipinski definition) is 2. The molecule has 14 heavy (non-hydrogen) atoms. The first-order valence-corrected chi connectivity index (χ1v) is 5.73. The van der Waals surface area contributed by atoms with Crippen LogP contribution >= 0.6 is 22.6 Å². The molecule has 1 aromatic rings. The van der Waals surface area contributed by atoms with Gasteiger partial charge in [0.25, 0.3) is 0 Å². The van der Waals surface area contributed by atoms with E-state index >= 15 is 0 Å². The second-order valence-corrected chi connectivity index (χ2v) is 4.25. The third-order valence-electron chi connectivity index (χ3n) is 1.85. The van der Waals surface area contributed by atoms with E-state index in [0.29, 0.717) is 17.9 Å². The summed E-state index contributed by atoms with van der Waals surface area (Å²) in [5, 5.41) is 0. The number of hydrogen-bond donors (Lipinski definition) is 0. The molecule has 0 N–H and O–H groups in total. The molecule has 0 atom stereocenters. The van der Waals surface area contributed by atoms with Crippen molar-refractivity contribution in [3.63, 3.8) is 0 Å². The number of halogens is 1. The van der Waals surface area contributed by atoms with E-state index in [2.05, 4.69) is 29.5 Å². The van der Waals surface area contributed by atoms with E-state index in [4.69, 9.17) is 4.74 Å². The van der Waals surface area contributed by atoms with Gasteiger partial charge in [-0.2, -0.15) is 0 Å². The summed E-state index contributed by atoms with van der Waals surface area (Å²) in [6.45, 7) is 2.79. The highest BCUT2D eigenvalue weighted by Crippen LogP contribution is 2.19. The van der Waals surface area contributed by atoms with Gasteiger partial charge in [0, 0.05) is 3.57 Å². The van der Waals surface area contributed by atoms with E-state index in [1.165, 1.54) is 0 Å². The maximum Gasteiger partial charge on any atom is 0.153 e. The first-order chi connectivity index (χ1) is 6.77. The Morgan fingerprint density at radius 1 is 1.50 bits per heavy atom. The molecule has 0 amide bonds. The zero-order valence-electron chi connectivity index (χ0n) is 8.13. The van der Waals surface area contributed by atoms with E-state index in [1.54, 1.807) is 0 Å². The standard InChI is InChI=1S/C11H13IO2/c1-2-3-6-14-11-5-4-10(12)7-9(11)8-13/h4-5,7-8H,2-3,6H2,1H3. The van der Waals surface area contributed by atoms with Crippen LogP contribution in [0.15, 0.2) is 18.2 Å². The Morgan fingerprint density at radius 3 is 2.93 bits per heavy atom. The fraction of sp³-hybridized carbons (Fsp3) is 0.364. The molecule has 76 valence electrons. The van der Waals surface area contributed by atoms with Gasteiger partial charge >= 0.3 is 0 Å². The lowest BCUT2D eigenvalue weighted by molar-refractivity contribution is 0.111. The molecular weight excluding hydrogens is 291 g/mol. The zero-order valence-corrected chi connectivity index (χ0v) is 10.3. The second-order valence-electron chi connectivity index (χ2n) is 3.00. The van der Waals surface area contributed by atoms with Crippen molar-refractivity contribution < 1.29 is 9.53 Å². The van der Waals surface area contributed by atoms with Gasteiger partial charge < -0.3 is 4.74 Å². The normalized spacial score (nSPS) is 9.86. The molecule has 1 rings (SSSR count). The lowest BCUT2D eigenvalue weighted by Crippen LogP contribution is -1.99. The Bertz CT molecular complexity index is 310. The first-order valence-electron chi connectivity index (χ1n) is 4.65. The molecule has 0 aliphatic rings. The van der Waals surface area contributed by atoms with Crippen LogP contribution in [0.3, 0.4) is 0 Å². The van der Waals surface area contributed by atoms with Gasteiger partial charge in [-0.15, -0.1) is 0 Å². The van der Waals surface area contributed by atoms with Crippen molar-refractivity contribution in [2.45, 2.75) is 19.8 Å². The largest absolute Gasteiger partial charge is 0.493 e. The fourth-order valence-corrected chi connectivity index (χ4v) is 1.58. The summed E-state index contributed by atoms with van der Waals surface area (Å²) < 4.78 is 6.54. The molecule has 3 heteroatoms. The molecule has 0 bridgehead atoms. The third-order valence-corrected chi connectivity index (χ3v) is 2.53. The fourth-order valence-electron chi connectivity index (χ4n) is 1.07. The van der Waals surface area contributed by atoms with Gasteiger partial charge in [0.2, 0.25) is 0 Å². The van der Waals surface area contributed by atoms with Crippen molar-refractivity contribution in [2.24, 2.45) is 0 Å². The van der Waals surface area contributed by atoms with Crippen LogP contribution in [0.5, 0.6) is 5.75 Å². The van der Waals surface area contributed by atoms with Crippen LogP contribution in [0, 0.1) is 3.57 Å². The Morgan fingerprint density at radius 2 is 2.29 bits per heavy atom. The minimum absolute atomic E-state index is 0.632. The molecule has 0 fully saturated rings. The average molecular weight is 304 g/mol. The van der Waals surface area contributed by atoms with Crippen LogP contribution in [-0.4, -0.2) is 12.9 Å². The number of ether oxygens (including phenoxy) is 1. The van der Waals surface area contributed by atoms with Gasteiger partial charge in [0.1, 0.15) is 5.75 Å². The quantitative estimate of drug-likeness (QED) is 0.474. The highest BCUT2D eigenvalue weighted by atomic mass is 127. The molecule has 0 aliphatic carbocycles. The van der Waals surface area contributed by atoms with Crippen molar-refractivity contribution in [1.29, 1.82) is 0 Å². The number of carbonyl (C=O) groups is 1.